The van der Waals surface area contributed by atoms with Gasteiger partial charge in [0.1, 0.15) is 31.1 Å². The third-order valence-corrected chi connectivity index (χ3v) is 7.88. The van der Waals surface area contributed by atoms with Gasteiger partial charge in [0.05, 0.1) is 22.7 Å². The Balaban J connectivity index is 1.34. The number of benzene rings is 3. The average molecular weight is 582 g/mol. The summed E-state index contributed by atoms with van der Waals surface area (Å²) in [6.07, 6.45) is 1.73. The van der Waals surface area contributed by atoms with Gasteiger partial charge in [0, 0.05) is 32.0 Å². The molecule has 1 N–H and O–H groups in total. The first-order valence-electron chi connectivity index (χ1n) is 14.4. The van der Waals surface area contributed by atoms with Crippen LogP contribution in [0.4, 0.5) is 5.69 Å². The molecule has 220 valence electrons. The van der Waals surface area contributed by atoms with Gasteiger partial charge in [0.15, 0.2) is 17.5 Å². The smallest absolute Gasteiger partial charge is 0.251 e. The zero-order valence-corrected chi connectivity index (χ0v) is 23.7. The SMILES string of the molecule is Cn1c([C@H](C(=O)NC[C@H]2CCCO2)N(C(=O)Cn2nnc3ccccc32)c2ccc3c(c2)OCCO3)nc2ccccc21. The van der Waals surface area contributed by atoms with Gasteiger partial charge in [-0.15, -0.1) is 5.10 Å². The predicted octanol–water partition coefficient (Wildman–Crippen LogP) is 3.16. The molecule has 1 saturated heterocycles. The van der Waals surface area contributed by atoms with Crippen molar-refractivity contribution in [3.05, 3.63) is 72.6 Å². The number of ether oxygens (including phenoxy) is 3. The molecule has 0 aliphatic carbocycles. The van der Waals surface area contributed by atoms with Crippen LogP contribution in [0.15, 0.2) is 66.7 Å². The minimum absolute atomic E-state index is 0.0787. The molecule has 0 radical (unpaired) electrons. The van der Waals surface area contributed by atoms with E-state index in [0.717, 1.165) is 18.4 Å². The first kappa shape index (κ1) is 26.9. The Morgan fingerprint density at radius 2 is 1.74 bits per heavy atom. The van der Waals surface area contributed by atoms with Gasteiger partial charge in [-0.2, -0.15) is 0 Å². The fourth-order valence-corrected chi connectivity index (χ4v) is 5.73. The van der Waals surface area contributed by atoms with E-state index in [1.807, 2.05) is 60.1 Å². The van der Waals surface area contributed by atoms with Crippen LogP contribution in [-0.2, 0) is 27.9 Å². The van der Waals surface area contributed by atoms with Crippen LogP contribution >= 0.6 is 0 Å². The van der Waals surface area contributed by atoms with Crippen molar-refractivity contribution in [3.8, 4) is 11.5 Å². The summed E-state index contributed by atoms with van der Waals surface area (Å²) < 4.78 is 20.8. The predicted molar refractivity (Wildman–Crippen MR) is 158 cm³/mol. The van der Waals surface area contributed by atoms with Gasteiger partial charge in [0.25, 0.3) is 5.91 Å². The molecule has 2 atom stereocenters. The fraction of sp³-hybridized carbons (Fsp3) is 0.323. The van der Waals surface area contributed by atoms with Gasteiger partial charge in [-0.25, -0.2) is 9.67 Å². The van der Waals surface area contributed by atoms with E-state index >= 15 is 0 Å². The Hall–Kier alpha value is -4.97. The van der Waals surface area contributed by atoms with Gasteiger partial charge in [0.2, 0.25) is 5.91 Å². The van der Waals surface area contributed by atoms with Crippen LogP contribution in [0.5, 0.6) is 11.5 Å². The lowest BCUT2D eigenvalue weighted by Gasteiger charge is -2.32. The van der Waals surface area contributed by atoms with Crippen molar-refractivity contribution in [3.63, 3.8) is 0 Å². The molecule has 1 fully saturated rings. The van der Waals surface area contributed by atoms with Gasteiger partial charge < -0.3 is 24.1 Å². The second-order valence-electron chi connectivity index (χ2n) is 10.6. The number of aryl methyl sites for hydroxylation is 1. The van der Waals surface area contributed by atoms with Crippen molar-refractivity contribution in [2.24, 2.45) is 7.05 Å². The highest BCUT2D eigenvalue weighted by atomic mass is 16.6. The van der Waals surface area contributed by atoms with Crippen LogP contribution in [0.3, 0.4) is 0 Å². The fourth-order valence-electron chi connectivity index (χ4n) is 5.73. The van der Waals surface area contributed by atoms with Gasteiger partial charge in [-0.05, 0) is 49.2 Å². The molecule has 43 heavy (non-hydrogen) atoms. The lowest BCUT2D eigenvalue weighted by atomic mass is 10.1. The molecule has 7 rings (SSSR count). The second-order valence-corrected chi connectivity index (χ2v) is 10.6. The van der Waals surface area contributed by atoms with Crippen LogP contribution < -0.4 is 19.7 Å². The third-order valence-electron chi connectivity index (χ3n) is 7.88. The van der Waals surface area contributed by atoms with E-state index in [4.69, 9.17) is 19.2 Å². The number of para-hydroxylation sites is 3. The first-order chi connectivity index (χ1) is 21.1. The van der Waals surface area contributed by atoms with E-state index in [9.17, 15) is 9.59 Å². The number of nitrogens with one attached hydrogen (secondary N) is 1. The molecule has 12 heteroatoms. The van der Waals surface area contributed by atoms with Crippen molar-refractivity contribution in [1.29, 1.82) is 0 Å². The number of aromatic nitrogens is 5. The summed E-state index contributed by atoms with van der Waals surface area (Å²) in [6, 6.07) is 19.2. The molecule has 0 unspecified atom stereocenters. The number of anilines is 1. The van der Waals surface area contributed by atoms with Gasteiger partial charge in [-0.1, -0.05) is 29.5 Å². The summed E-state index contributed by atoms with van der Waals surface area (Å²) in [7, 11) is 1.85. The van der Waals surface area contributed by atoms with Crippen LogP contribution in [0.25, 0.3) is 22.1 Å². The maximum atomic E-state index is 14.5. The number of fused-ring (bicyclic) bond motifs is 3. The van der Waals surface area contributed by atoms with E-state index in [1.54, 1.807) is 22.9 Å². The van der Waals surface area contributed by atoms with E-state index in [0.29, 0.717) is 65.9 Å². The normalized spacial score (nSPS) is 16.8. The number of rotatable bonds is 8. The summed E-state index contributed by atoms with van der Waals surface area (Å²) in [5.74, 6) is 0.734. The molecule has 0 saturated carbocycles. The lowest BCUT2D eigenvalue weighted by Crippen LogP contribution is -2.47. The summed E-state index contributed by atoms with van der Waals surface area (Å²) >= 11 is 0. The Morgan fingerprint density at radius 3 is 2.53 bits per heavy atom. The summed E-state index contributed by atoms with van der Waals surface area (Å²) in [6.45, 7) is 1.65. The molecular weight excluding hydrogens is 550 g/mol. The Bertz CT molecular complexity index is 1810. The minimum atomic E-state index is -1.12. The molecule has 5 aromatic rings. The van der Waals surface area contributed by atoms with Crippen LogP contribution in [0, 0.1) is 0 Å². The zero-order chi connectivity index (χ0) is 29.3. The number of carbonyl (C=O) groups excluding carboxylic acids is 2. The van der Waals surface area contributed by atoms with Crippen LogP contribution in [0.2, 0.25) is 0 Å². The van der Waals surface area contributed by atoms with Gasteiger partial charge in [-0.3, -0.25) is 14.5 Å². The molecular formula is C31H31N7O5. The highest BCUT2D eigenvalue weighted by Crippen LogP contribution is 2.37. The molecule has 4 heterocycles. The number of hydrogen-bond donors (Lipinski definition) is 1. The van der Waals surface area contributed by atoms with E-state index < -0.39 is 6.04 Å². The van der Waals surface area contributed by atoms with Crippen LogP contribution in [0.1, 0.15) is 24.7 Å². The van der Waals surface area contributed by atoms with Crippen LogP contribution in [-0.4, -0.2) is 68.8 Å². The summed E-state index contributed by atoms with van der Waals surface area (Å²) in [5, 5.41) is 11.5. The molecule has 2 aromatic heterocycles. The zero-order valence-electron chi connectivity index (χ0n) is 23.7. The molecule has 2 aliphatic rings. The molecule has 2 amide bonds. The van der Waals surface area contributed by atoms with E-state index in [1.165, 1.54) is 4.90 Å². The minimum Gasteiger partial charge on any atom is -0.486 e. The quantitative estimate of drug-likeness (QED) is 0.296. The Labute approximate surface area is 247 Å². The Kier molecular flexibility index (Phi) is 7.11. The summed E-state index contributed by atoms with van der Waals surface area (Å²) in [5.41, 5.74) is 3.39. The van der Waals surface area contributed by atoms with Crippen molar-refractivity contribution < 1.29 is 23.8 Å². The number of nitrogens with zero attached hydrogens (tertiary/aromatic N) is 6. The Morgan fingerprint density at radius 1 is 0.977 bits per heavy atom. The van der Waals surface area contributed by atoms with E-state index in [-0.39, 0.29) is 24.5 Å². The topological polar surface area (TPSA) is 126 Å². The maximum Gasteiger partial charge on any atom is 0.251 e. The number of imidazole rings is 1. The highest BCUT2D eigenvalue weighted by molar-refractivity contribution is 6.02. The van der Waals surface area contributed by atoms with Gasteiger partial charge >= 0.3 is 0 Å². The molecule has 0 spiro atoms. The molecule has 12 nitrogen and oxygen atoms in total. The van der Waals surface area contributed by atoms with Crippen molar-refractivity contribution in [2.45, 2.75) is 31.5 Å². The molecule has 3 aromatic carbocycles. The third kappa shape index (κ3) is 5.14. The average Bonchev–Trinajstić information content (AvgIpc) is 3.78. The van der Waals surface area contributed by atoms with Crippen molar-refractivity contribution in [2.75, 3.05) is 31.3 Å². The second kappa shape index (κ2) is 11.4. The number of amides is 2. The largest absolute Gasteiger partial charge is 0.486 e. The molecule has 0 bridgehead atoms. The number of hydrogen-bond acceptors (Lipinski definition) is 8. The monoisotopic (exact) mass is 581 g/mol. The summed E-state index contributed by atoms with van der Waals surface area (Å²) in [4.78, 5) is 35.0. The molecule has 2 aliphatic heterocycles. The van der Waals surface area contributed by atoms with Crippen molar-refractivity contribution in [1.82, 2.24) is 29.9 Å². The van der Waals surface area contributed by atoms with E-state index in [2.05, 4.69) is 15.6 Å². The number of carbonyl (C=O) groups is 2. The highest BCUT2D eigenvalue weighted by Gasteiger charge is 2.37. The maximum absolute atomic E-state index is 14.5. The lowest BCUT2D eigenvalue weighted by molar-refractivity contribution is -0.127. The first-order valence-corrected chi connectivity index (χ1v) is 14.4. The van der Waals surface area contributed by atoms with Crippen molar-refractivity contribution >= 4 is 39.6 Å². The standard InChI is InChI=1S/C31H31N7O5/c1-36-24-10-4-2-8-22(24)33-30(36)29(31(40)32-18-21-7-6-14-41-21)38(20-12-13-26-27(17-20)43-16-15-42-26)28(39)19-37-25-11-5-3-9-23(25)34-35-37/h2-5,8-13,17,21,29H,6-7,14-16,18-19H2,1H3,(H,32,40)/t21-,29-/m1/s1.